The molecule has 0 radical (unpaired) electrons. The number of nitrogens with zero attached hydrogens (tertiary/aromatic N) is 6. The Labute approximate surface area is 218 Å². The summed E-state index contributed by atoms with van der Waals surface area (Å²) in [5.74, 6) is -2.44. The first-order valence-electron chi connectivity index (χ1n) is 12.4. The summed E-state index contributed by atoms with van der Waals surface area (Å²) in [6.07, 6.45) is 4.13. The third kappa shape index (κ3) is 6.90. The lowest BCUT2D eigenvalue weighted by molar-refractivity contribution is -0.0760. The number of carbonyl (C=O) groups excluding carboxylic acids is 2. The van der Waals surface area contributed by atoms with Gasteiger partial charge in [0, 0.05) is 32.8 Å². The van der Waals surface area contributed by atoms with Gasteiger partial charge in [-0.25, -0.2) is 33.3 Å². The molecule has 0 spiro atoms. The van der Waals surface area contributed by atoms with Crippen molar-refractivity contribution in [1.82, 2.24) is 30.2 Å². The number of hydrogen-bond donors (Lipinski definition) is 3. The van der Waals surface area contributed by atoms with E-state index in [1.54, 1.807) is 11.8 Å². The summed E-state index contributed by atoms with van der Waals surface area (Å²) in [6, 6.07) is -0.760. The number of urea groups is 1. The van der Waals surface area contributed by atoms with Gasteiger partial charge < -0.3 is 24.6 Å². The third-order valence-electron chi connectivity index (χ3n) is 6.25. The number of alkyl halides is 2. The van der Waals surface area contributed by atoms with E-state index in [0.717, 1.165) is 30.8 Å². The number of likely N-dealkylation sites (N-methyl/N-ethyl adjacent to an activating group) is 1. The minimum Gasteiger partial charge on any atom is -0.477 e. The molecular formula is C23H31F2N9O4. The van der Waals surface area contributed by atoms with E-state index in [4.69, 9.17) is 9.47 Å². The molecule has 15 heteroatoms. The average molecular weight is 536 g/mol. The highest BCUT2D eigenvalue weighted by atomic mass is 19.3. The van der Waals surface area contributed by atoms with Crippen molar-refractivity contribution < 1.29 is 27.8 Å². The van der Waals surface area contributed by atoms with Crippen molar-refractivity contribution in [2.45, 2.75) is 44.3 Å². The van der Waals surface area contributed by atoms with Crippen LogP contribution in [0.25, 0.3) is 0 Å². The zero-order chi connectivity index (χ0) is 27.1. The molecule has 2 aliphatic heterocycles. The van der Waals surface area contributed by atoms with E-state index in [1.165, 1.54) is 31.7 Å². The number of amides is 3. The maximum atomic E-state index is 14.9. The van der Waals surface area contributed by atoms with Gasteiger partial charge in [0.25, 0.3) is 5.92 Å². The summed E-state index contributed by atoms with van der Waals surface area (Å²) in [5, 5.41) is 8.24. The Balaban J connectivity index is 1.39. The summed E-state index contributed by atoms with van der Waals surface area (Å²) in [5.41, 5.74) is 0. The highest BCUT2D eigenvalue weighted by Crippen LogP contribution is 2.33. The number of rotatable bonds is 7. The van der Waals surface area contributed by atoms with Crippen LogP contribution < -0.4 is 25.6 Å². The Morgan fingerprint density at radius 3 is 2.68 bits per heavy atom. The monoisotopic (exact) mass is 535 g/mol. The fourth-order valence-corrected chi connectivity index (χ4v) is 4.18. The number of ether oxygens (including phenoxy) is 2. The Hall–Kier alpha value is -3.88. The van der Waals surface area contributed by atoms with E-state index in [-0.39, 0.29) is 42.7 Å². The van der Waals surface area contributed by atoms with Gasteiger partial charge in [0.15, 0.2) is 5.82 Å². The lowest BCUT2D eigenvalue weighted by Gasteiger charge is -2.42. The Morgan fingerprint density at radius 1 is 1.18 bits per heavy atom. The summed E-state index contributed by atoms with van der Waals surface area (Å²) in [7, 11) is 1.29. The highest BCUT2D eigenvalue weighted by Gasteiger charge is 2.48. The Kier molecular flexibility index (Phi) is 8.66. The largest absolute Gasteiger partial charge is 0.477 e. The predicted octanol–water partition coefficient (Wildman–Crippen LogP) is 2.34. The Morgan fingerprint density at radius 2 is 1.97 bits per heavy atom. The second kappa shape index (κ2) is 12.1. The van der Waals surface area contributed by atoms with Crippen molar-refractivity contribution in [3.8, 4) is 5.88 Å². The van der Waals surface area contributed by atoms with Gasteiger partial charge in [-0.15, -0.1) is 0 Å². The van der Waals surface area contributed by atoms with Crippen LogP contribution in [0, 0.1) is 0 Å². The molecule has 4 heterocycles. The molecule has 1 atom stereocenters. The maximum absolute atomic E-state index is 14.9. The molecule has 3 amide bonds. The molecule has 206 valence electrons. The minimum absolute atomic E-state index is 0.0354. The SMILES string of the molecule is CCOc1cnc(NC(=O)N(C)C2CN(c3nccc(NC(=O)OC4CCNCC4)n3)CCC2(F)F)cn1. The maximum Gasteiger partial charge on any atom is 0.413 e. The summed E-state index contributed by atoms with van der Waals surface area (Å²) >= 11 is 0. The summed E-state index contributed by atoms with van der Waals surface area (Å²) in [6.45, 7) is 3.48. The first-order chi connectivity index (χ1) is 18.2. The molecule has 4 rings (SSSR count). The van der Waals surface area contributed by atoms with Crippen molar-refractivity contribution in [3.63, 3.8) is 0 Å². The first kappa shape index (κ1) is 27.2. The van der Waals surface area contributed by atoms with Gasteiger partial charge in [0.05, 0.1) is 19.0 Å². The zero-order valence-corrected chi connectivity index (χ0v) is 21.2. The molecule has 38 heavy (non-hydrogen) atoms. The van der Waals surface area contributed by atoms with Crippen LogP contribution in [0.15, 0.2) is 24.7 Å². The molecule has 3 N–H and O–H groups in total. The standard InChI is InChI=1S/C23H31F2N9O4/c1-3-37-19-13-28-18(12-29-19)31-21(35)33(2)16-14-34(11-7-23(16,24)25)20-27-10-6-17(30-20)32-22(36)38-15-4-8-26-9-5-15/h6,10,12-13,15-16,26H,3-5,7-9,11,14H2,1-2H3,(H,28,31,35)(H,27,30,32,36). The zero-order valence-electron chi connectivity index (χ0n) is 21.2. The van der Waals surface area contributed by atoms with Gasteiger partial charge in [0.2, 0.25) is 11.8 Å². The van der Waals surface area contributed by atoms with E-state index in [1.807, 2.05) is 0 Å². The molecular weight excluding hydrogens is 504 g/mol. The second-order valence-electron chi connectivity index (χ2n) is 8.91. The molecule has 0 saturated carbocycles. The number of nitrogens with one attached hydrogen (secondary N) is 3. The number of carbonyl (C=O) groups is 2. The number of piperidine rings is 2. The van der Waals surface area contributed by atoms with Crippen LogP contribution in [-0.4, -0.2) is 94.9 Å². The number of aromatic nitrogens is 4. The molecule has 0 bridgehead atoms. The highest BCUT2D eigenvalue weighted by molar-refractivity contribution is 5.88. The second-order valence-corrected chi connectivity index (χ2v) is 8.91. The average Bonchev–Trinajstić information content (AvgIpc) is 2.90. The van der Waals surface area contributed by atoms with Gasteiger partial charge in [-0.2, -0.15) is 4.98 Å². The first-order valence-corrected chi connectivity index (χ1v) is 12.4. The van der Waals surface area contributed by atoms with E-state index in [2.05, 4.69) is 35.9 Å². The molecule has 2 aromatic rings. The van der Waals surface area contributed by atoms with Gasteiger partial charge in [-0.05, 0) is 38.9 Å². The van der Waals surface area contributed by atoms with Crippen molar-refractivity contribution >= 4 is 29.7 Å². The van der Waals surface area contributed by atoms with Crippen LogP contribution in [0.1, 0.15) is 26.2 Å². The normalized spacial score (nSPS) is 19.4. The smallest absolute Gasteiger partial charge is 0.413 e. The van der Waals surface area contributed by atoms with Crippen molar-refractivity contribution in [1.29, 1.82) is 0 Å². The molecule has 2 fully saturated rings. The fraction of sp³-hybridized carbons (Fsp3) is 0.565. The number of halogens is 2. The minimum atomic E-state index is -3.15. The molecule has 0 aromatic carbocycles. The van der Waals surface area contributed by atoms with Crippen molar-refractivity contribution in [3.05, 3.63) is 24.7 Å². The lowest BCUT2D eigenvalue weighted by atomic mass is 10.00. The topological polar surface area (TPSA) is 147 Å². The molecule has 2 aliphatic rings. The van der Waals surface area contributed by atoms with Crippen molar-refractivity contribution in [2.75, 3.05) is 55.4 Å². The molecule has 13 nitrogen and oxygen atoms in total. The van der Waals surface area contributed by atoms with Crippen LogP contribution >= 0.6 is 0 Å². The molecule has 2 aromatic heterocycles. The van der Waals surface area contributed by atoms with Crippen LogP contribution in [0.3, 0.4) is 0 Å². The van der Waals surface area contributed by atoms with Crippen LogP contribution in [0.4, 0.5) is 36.0 Å². The van der Waals surface area contributed by atoms with Gasteiger partial charge in [-0.1, -0.05) is 0 Å². The van der Waals surface area contributed by atoms with Gasteiger partial charge in [0.1, 0.15) is 18.0 Å². The fourth-order valence-electron chi connectivity index (χ4n) is 4.18. The van der Waals surface area contributed by atoms with Crippen LogP contribution in [0.5, 0.6) is 5.88 Å². The molecule has 1 unspecified atom stereocenters. The number of hydrogen-bond acceptors (Lipinski definition) is 10. The van der Waals surface area contributed by atoms with Crippen LogP contribution in [-0.2, 0) is 4.74 Å². The quantitative estimate of drug-likeness (QED) is 0.483. The van der Waals surface area contributed by atoms with Gasteiger partial charge >= 0.3 is 12.1 Å². The van der Waals surface area contributed by atoms with Crippen LogP contribution in [0.2, 0.25) is 0 Å². The van der Waals surface area contributed by atoms with E-state index in [0.29, 0.717) is 6.61 Å². The Bertz CT molecular complexity index is 1100. The lowest BCUT2D eigenvalue weighted by Crippen LogP contribution is -2.60. The van der Waals surface area contributed by atoms with Gasteiger partial charge in [-0.3, -0.25) is 10.6 Å². The molecule has 0 aliphatic carbocycles. The van der Waals surface area contributed by atoms with E-state index >= 15 is 0 Å². The van der Waals surface area contributed by atoms with E-state index in [9.17, 15) is 18.4 Å². The van der Waals surface area contributed by atoms with E-state index < -0.39 is 30.5 Å². The number of anilines is 3. The predicted molar refractivity (Wildman–Crippen MR) is 134 cm³/mol. The summed E-state index contributed by atoms with van der Waals surface area (Å²) < 4.78 is 40.4. The summed E-state index contributed by atoms with van der Waals surface area (Å²) in [4.78, 5) is 44.0. The molecule has 2 saturated heterocycles. The third-order valence-corrected chi connectivity index (χ3v) is 6.25. The van der Waals surface area contributed by atoms with Crippen molar-refractivity contribution in [2.24, 2.45) is 0 Å².